The van der Waals surface area contributed by atoms with Gasteiger partial charge in [0.25, 0.3) is 5.91 Å². The van der Waals surface area contributed by atoms with Gasteiger partial charge in [0.1, 0.15) is 11.5 Å². The predicted molar refractivity (Wildman–Crippen MR) is 112 cm³/mol. The normalized spacial score (nSPS) is 11.0. The highest BCUT2D eigenvalue weighted by atomic mass is 32.2. The molecule has 0 aliphatic rings. The van der Waals surface area contributed by atoms with Crippen LogP contribution in [0, 0.1) is 0 Å². The van der Waals surface area contributed by atoms with Crippen LogP contribution in [0.2, 0.25) is 0 Å². The molecule has 1 heterocycles. The van der Waals surface area contributed by atoms with Gasteiger partial charge in [-0.05, 0) is 17.7 Å². The molecule has 0 unspecified atom stereocenters. The molecule has 0 fully saturated rings. The van der Waals surface area contributed by atoms with Crippen LogP contribution in [0.4, 0.5) is 0 Å². The van der Waals surface area contributed by atoms with Gasteiger partial charge in [-0.3, -0.25) is 4.79 Å². The molecule has 0 atom stereocenters. The van der Waals surface area contributed by atoms with Crippen molar-refractivity contribution in [3.63, 3.8) is 0 Å². The van der Waals surface area contributed by atoms with E-state index in [0.717, 1.165) is 10.1 Å². The van der Waals surface area contributed by atoms with Gasteiger partial charge in [0, 0.05) is 17.4 Å². The highest BCUT2D eigenvalue weighted by Gasteiger charge is 2.08. The summed E-state index contributed by atoms with van der Waals surface area (Å²) in [5, 5.41) is 30.9. The first-order valence-electron chi connectivity index (χ1n) is 8.07. The van der Waals surface area contributed by atoms with Gasteiger partial charge < -0.3 is 10.2 Å². The molecule has 3 N–H and O–H groups in total. The van der Waals surface area contributed by atoms with E-state index in [1.807, 2.05) is 18.2 Å². The van der Waals surface area contributed by atoms with E-state index in [1.54, 1.807) is 11.8 Å². The molecule has 0 radical (unpaired) electrons. The van der Waals surface area contributed by atoms with E-state index in [4.69, 9.17) is 0 Å². The summed E-state index contributed by atoms with van der Waals surface area (Å²) in [6.45, 7) is 0. The van der Waals surface area contributed by atoms with E-state index in [1.165, 1.54) is 53.1 Å². The first-order chi connectivity index (χ1) is 13.6. The third kappa shape index (κ3) is 6.25. The monoisotopic (exact) mass is 432 g/mol. The minimum absolute atomic E-state index is 0.0477. The fraction of sp³-hybridized carbons (Fsp3) is 0.111. The van der Waals surface area contributed by atoms with E-state index < -0.39 is 0 Å². The fourth-order valence-electron chi connectivity index (χ4n) is 2.01. The largest absolute Gasteiger partial charge is 0.508 e. The fourth-order valence-corrected chi connectivity index (χ4v) is 4.78. The molecule has 7 nitrogen and oxygen atoms in total. The van der Waals surface area contributed by atoms with E-state index in [9.17, 15) is 15.0 Å². The SMILES string of the molecule is O=C(CSc1nnc(SCc2ccccc2)s1)NN=Cc1ccc(O)cc1O. The number of benzene rings is 2. The number of hydrogen-bond acceptors (Lipinski definition) is 9. The highest BCUT2D eigenvalue weighted by Crippen LogP contribution is 2.30. The molecule has 28 heavy (non-hydrogen) atoms. The maximum atomic E-state index is 11.9. The molecule has 0 bridgehead atoms. The number of nitrogens with one attached hydrogen (secondary N) is 1. The first kappa shape index (κ1) is 20.2. The zero-order valence-corrected chi connectivity index (χ0v) is 16.9. The van der Waals surface area contributed by atoms with Crippen LogP contribution >= 0.6 is 34.9 Å². The van der Waals surface area contributed by atoms with Crippen LogP contribution in [-0.2, 0) is 10.5 Å². The van der Waals surface area contributed by atoms with E-state index in [-0.39, 0.29) is 23.2 Å². The predicted octanol–water partition coefficient (Wildman–Crippen LogP) is 3.48. The van der Waals surface area contributed by atoms with Crippen molar-refractivity contribution in [1.29, 1.82) is 0 Å². The number of aromatic hydroxyl groups is 2. The third-order valence-corrected chi connectivity index (χ3v) is 6.59. The molecule has 0 aliphatic carbocycles. The van der Waals surface area contributed by atoms with Gasteiger partial charge in [-0.15, -0.1) is 10.2 Å². The lowest BCUT2D eigenvalue weighted by atomic mass is 10.2. The van der Waals surface area contributed by atoms with Crippen molar-refractivity contribution in [3.05, 3.63) is 59.7 Å². The third-order valence-electron chi connectivity index (χ3n) is 3.33. The molecule has 144 valence electrons. The molecule has 10 heteroatoms. The average Bonchev–Trinajstić information content (AvgIpc) is 3.15. The first-order valence-corrected chi connectivity index (χ1v) is 10.9. The van der Waals surface area contributed by atoms with E-state index >= 15 is 0 Å². The molecule has 3 rings (SSSR count). The second-order valence-electron chi connectivity index (χ2n) is 5.43. The Morgan fingerprint density at radius 3 is 2.61 bits per heavy atom. The molecule has 0 aliphatic heterocycles. The average molecular weight is 433 g/mol. The Hall–Kier alpha value is -2.56. The summed E-state index contributed by atoms with van der Waals surface area (Å²) in [6.07, 6.45) is 1.31. The Morgan fingerprint density at radius 2 is 1.86 bits per heavy atom. The zero-order valence-electron chi connectivity index (χ0n) is 14.5. The number of nitrogens with zero attached hydrogens (tertiary/aromatic N) is 3. The maximum absolute atomic E-state index is 11.9. The van der Waals surface area contributed by atoms with Crippen molar-refractivity contribution in [2.24, 2.45) is 5.10 Å². The van der Waals surface area contributed by atoms with Crippen molar-refractivity contribution in [3.8, 4) is 11.5 Å². The zero-order chi connectivity index (χ0) is 19.8. The van der Waals surface area contributed by atoms with Gasteiger partial charge in [0.15, 0.2) is 8.68 Å². The van der Waals surface area contributed by atoms with Crippen molar-refractivity contribution in [2.45, 2.75) is 14.4 Å². The summed E-state index contributed by atoms with van der Waals surface area (Å²) in [4.78, 5) is 11.9. The number of aromatic nitrogens is 2. The van der Waals surface area contributed by atoms with Crippen LogP contribution in [-0.4, -0.2) is 38.3 Å². The lowest BCUT2D eigenvalue weighted by Crippen LogP contribution is -2.19. The van der Waals surface area contributed by atoms with Gasteiger partial charge in [0.2, 0.25) is 0 Å². The van der Waals surface area contributed by atoms with Crippen molar-refractivity contribution >= 4 is 47.0 Å². The van der Waals surface area contributed by atoms with Crippen LogP contribution in [0.5, 0.6) is 11.5 Å². The Labute approximate surface area is 173 Å². The summed E-state index contributed by atoms with van der Waals surface area (Å²) in [5.41, 5.74) is 3.98. The van der Waals surface area contributed by atoms with Gasteiger partial charge in [-0.2, -0.15) is 5.10 Å². The van der Waals surface area contributed by atoms with Crippen molar-refractivity contribution < 1.29 is 15.0 Å². The van der Waals surface area contributed by atoms with Crippen LogP contribution in [0.15, 0.2) is 62.3 Å². The molecular formula is C18H16N4O3S3. The van der Waals surface area contributed by atoms with Crippen molar-refractivity contribution in [2.75, 3.05) is 5.75 Å². The summed E-state index contributed by atoms with van der Waals surface area (Å²) in [6, 6.07) is 14.2. The second-order valence-corrected chi connectivity index (χ2v) is 8.86. The molecule has 0 spiro atoms. The van der Waals surface area contributed by atoms with Crippen LogP contribution in [0.1, 0.15) is 11.1 Å². The standard InChI is InChI=1S/C18H16N4O3S3/c23-14-7-6-13(15(24)8-14)9-19-20-16(25)11-27-18-22-21-17(28-18)26-10-12-4-2-1-3-5-12/h1-9,23-24H,10-11H2,(H,20,25). The molecular weight excluding hydrogens is 416 g/mol. The van der Waals surface area contributed by atoms with Gasteiger partial charge >= 0.3 is 0 Å². The van der Waals surface area contributed by atoms with Crippen LogP contribution in [0.25, 0.3) is 0 Å². The lowest BCUT2D eigenvalue weighted by Gasteiger charge is -2.00. The number of hydrazone groups is 1. The maximum Gasteiger partial charge on any atom is 0.250 e. The molecule has 1 aromatic heterocycles. The molecule has 1 amide bonds. The van der Waals surface area contributed by atoms with Gasteiger partial charge in [0.05, 0.1) is 12.0 Å². The smallest absolute Gasteiger partial charge is 0.250 e. The number of hydrogen-bond donors (Lipinski definition) is 3. The van der Waals surface area contributed by atoms with E-state index in [0.29, 0.717) is 9.90 Å². The minimum Gasteiger partial charge on any atom is -0.508 e. The number of carbonyl (C=O) groups is 1. The number of phenols is 2. The van der Waals surface area contributed by atoms with Crippen molar-refractivity contribution in [1.82, 2.24) is 15.6 Å². The highest BCUT2D eigenvalue weighted by molar-refractivity contribution is 8.03. The second kappa shape index (κ2) is 10.1. The molecule has 2 aromatic carbocycles. The lowest BCUT2D eigenvalue weighted by molar-refractivity contribution is -0.118. The van der Waals surface area contributed by atoms with Crippen LogP contribution < -0.4 is 5.43 Å². The number of phenolic OH excluding ortho intramolecular Hbond substituents is 2. The summed E-state index contributed by atoms with van der Waals surface area (Å²) >= 11 is 4.34. The Kier molecular flexibility index (Phi) is 7.29. The minimum atomic E-state index is -0.298. The van der Waals surface area contributed by atoms with Crippen LogP contribution in [0.3, 0.4) is 0 Å². The number of rotatable bonds is 8. The van der Waals surface area contributed by atoms with Gasteiger partial charge in [-0.1, -0.05) is 65.2 Å². The quantitative estimate of drug-likeness (QED) is 0.284. The molecule has 0 saturated heterocycles. The number of amides is 1. The summed E-state index contributed by atoms with van der Waals surface area (Å²) in [7, 11) is 0. The van der Waals surface area contributed by atoms with Gasteiger partial charge in [-0.25, -0.2) is 5.43 Å². The Balaban J connectivity index is 1.42. The topological polar surface area (TPSA) is 108 Å². The van der Waals surface area contributed by atoms with E-state index in [2.05, 4.69) is 32.9 Å². The molecule has 0 saturated carbocycles. The summed E-state index contributed by atoms with van der Waals surface area (Å²) < 4.78 is 1.57. The Morgan fingerprint density at radius 1 is 1.11 bits per heavy atom. The Bertz CT molecular complexity index is 964. The number of carbonyl (C=O) groups excluding carboxylic acids is 1. The number of thioether (sulfide) groups is 2. The molecule has 3 aromatic rings. The summed E-state index contributed by atoms with van der Waals surface area (Å²) in [5.74, 6) is 0.500.